The number of likely N-dealkylation sites (N-methyl/N-ethyl adjacent to an activating group) is 1. The largest absolute Gasteiger partial charge is 0.344 e. The van der Waals surface area contributed by atoms with E-state index in [4.69, 9.17) is 0 Å². The first-order valence-electron chi connectivity index (χ1n) is 6.67. The molecule has 3 heteroatoms. The van der Waals surface area contributed by atoms with Crippen LogP contribution in [0.3, 0.4) is 0 Å². The summed E-state index contributed by atoms with van der Waals surface area (Å²) in [5, 5.41) is 3.49. The van der Waals surface area contributed by atoms with Crippen molar-refractivity contribution < 1.29 is 4.79 Å². The highest BCUT2D eigenvalue weighted by Gasteiger charge is 2.21. The summed E-state index contributed by atoms with van der Waals surface area (Å²) < 4.78 is 0. The fourth-order valence-corrected chi connectivity index (χ4v) is 2.45. The highest BCUT2D eigenvalue weighted by Crippen LogP contribution is 2.13. The van der Waals surface area contributed by atoms with Crippen molar-refractivity contribution >= 4 is 5.91 Å². The molecule has 0 saturated carbocycles. The highest BCUT2D eigenvalue weighted by molar-refractivity contribution is 5.78. The standard InChI is InChI=1S/C13H26N2O/c1-4-11(5-2)13(16)15(3)10-12-8-6-7-9-14-12/h11-12,14H,4-10H2,1-3H3. The Hall–Kier alpha value is -0.570. The van der Waals surface area contributed by atoms with E-state index >= 15 is 0 Å². The van der Waals surface area contributed by atoms with E-state index in [0.717, 1.165) is 25.9 Å². The van der Waals surface area contributed by atoms with Gasteiger partial charge in [-0.05, 0) is 32.2 Å². The summed E-state index contributed by atoms with van der Waals surface area (Å²) in [4.78, 5) is 14.0. The lowest BCUT2D eigenvalue weighted by molar-refractivity contribution is -0.134. The molecule has 1 fully saturated rings. The van der Waals surface area contributed by atoms with Crippen molar-refractivity contribution in [3.8, 4) is 0 Å². The quantitative estimate of drug-likeness (QED) is 0.778. The van der Waals surface area contributed by atoms with Crippen molar-refractivity contribution in [3.63, 3.8) is 0 Å². The van der Waals surface area contributed by atoms with Crippen molar-refractivity contribution in [1.82, 2.24) is 10.2 Å². The third-order valence-electron chi connectivity index (χ3n) is 3.62. The number of rotatable bonds is 5. The third kappa shape index (κ3) is 3.78. The molecule has 94 valence electrons. The minimum Gasteiger partial charge on any atom is -0.344 e. The Morgan fingerprint density at radius 1 is 1.38 bits per heavy atom. The molecule has 1 aliphatic rings. The summed E-state index contributed by atoms with van der Waals surface area (Å²) in [7, 11) is 1.94. The van der Waals surface area contributed by atoms with Gasteiger partial charge in [0.25, 0.3) is 0 Å². The Morgan fingerprint density at radius 2 is 2.06 bits per heavy atom. The van der Waals surface area contributed by atoms with Crippen molar-refractivity contribution in [2.24, 2.45) is 5.92 Å². The van der Waals surface area contributed by atoms with E-state index in [9.17, 15) is 4.79 Å². The van der Waals surface area contributed by atoms with Gasteiger partial charge < -0.3 is 10.2 Å². The Kier molecular flexibility index (Phi) is 5.81. The molecule has 1 unspecified atom stereocenters. The number of carbonyl (C=O) groups excluding carboxylic acids is 1. The molecule has 1 amide bonds. The summed E-state index contributed by atoms with van der Waals surface area (Å²) in [5.41, 5.74) is 0. The van der Waals surface area contributed by atoms with E-state index in [1.54, 1.807) is 0 Å². The Bertz CT molecular complexity index is 208. The summed E-state index contributed by atoms with van der Waals surface area (Å²) in [5.74, 6) is 0.533. The number of hydrogen-bond acceptors (Lipinski definition) is 2. The number of nitrogens with zero attached hydrogens (tertiary/aromatic N) is 1. The van der Waals surface area contributed by atoms with Gasteiger partial charge in [-0.1, -0.05) is 20.3 Å². The van der Waals surface area contributed by atoms with Gasteiger partial charge in [-0.2, -0.15) is 0 Å². The Labute approximate surface area is 99.6 Å². The van der Waals surface area contributed by atoms with Gasteiger partial charge in [0.05, 0.1) is 0 Å². The molecular weight excluding hydrogens is 200 g/mol. The van der Waals surface area contributed by atoms with Crippen LogP contribution in [0.2, 0.25) is 0 Å². The molecule has 1 atom stereocenters. The first-order chi connectivity index (χ1) is 7.69. The van der Waals surface area contributed by atoms with Crippen LogP contribution in [-0.2, 0) is 4.79 Å². The zero-order valence-corrected chi connectivity index (χ0v) is 11.0. The molecule has 1 N–H and O–H groups in total. The van der Waals surface area contributed by atoms with Crippen molar-refractivity contribution in [2.45, 2.75) is 52.0 Å². The van der Waals surface area contributed by atoms with E-state index in [1.807, 2.05) is 11.9 Å². The van der Waals surface area contributed by atoms with Gasteiger partial charge in [0.15, 0.2) is 0 Å². The fourth-order valence-electron chi connectivity index (χ4n) is 2.45. The van der Waals surface area contributed by atoms with Crippen molar-refractivity contribution in [1.29, 1.82) is 0 Å². The van der Waals surface area contributed by atoms with E-state index < -0.39 is 0 Å². The first-order valence-corrected chi connectivity index (χ1v) is 6.67. The lowest BCUT2D eigenvalue weighted by Gasteiger charge is -2.30. The van der Waals surface area contributed by atoms with Crippen molar-refractivity contribution in [2.75, 3.05) is 20.1 Å². The number of carbonyl (C=O) groups is 1. The normalized spacial score (nSPS) is 21.1. The maximum atomic E-state index is 12.1. The molecule has 0 bridgehead atoms. The van der Waals surface area contributed by atoms with Crippen LogP contribution >= 0.6 is 0 Å². The van der Waals surface area contributed by atoms with Gasteiger partial charge in [0, 0.05) is 25.6 Å². The van der Waals surface area contributed by atoms with Gasteiger partial charge in [0.1, 0.15) is 0 Å². The zero-order chi connectivity index (χ0) is 12.0. The monoisotopic (exact) mass is 226 g/mol. The average Bonchev–Trinajstić information content (AvgIpc) is 2.31. The Morgan fingerprint density at radius 3 is 2.56 bits per heavy atom. The number of piperidine rings is 1. The van der Waals surface area contributed by atoms with Crippen LogP contribution in [0.4, 0.5) is 0 Å². The van der Waals surface area contributed by atoms with Gasteiger partial charge >= 0.3 is 0 Å². The second kappa shape index (κ2) is 6.89. The van der Waals surface area contributed by atoms with Crippen LogP contribution in [0, 0.1) is 5.92 Å². The molecule has 0 aromatic heterocycles. The Balaban J connectivity index is 2.37. The summed E-state index contributed by atoms with van der Waals surface area (Å²) in [6, 6.07) is 0.511. The van der Waals surface area contributed by atoms with Crippen LogP contribution in [-0.4, -0.2) is 37.0 Å². The second-order valence-corrected chi connectivity index (χ2v) is 4.88. The molecule has 0 aromatic carbocycles. The summed E-state index contributed by atoms with van der Waals surface area (Å²) >= 11 is 0. The summed E-state index contributed by atoms with van der Waals surface area (Å²) in [6.45, 7) is 6.17. The molecule has 1 aliphatic heterocycles. The van der Waals surface area contributed by atoms with Crippen LogP contribution in [0.15, 0.2) is 0 Å². The smallest absolute Gasteiger partial charge is 0.225 e. The van der Waals surface area contributed by atoms with E-state index in [2.05, 4.69) is 19.2 Å². The van der Waals surface area contributed by atoms with Crippen LogP contribution in [0.1, 0.15) is 46.0 Å². The number of hydrogen-bond donors (Lipinski definition) is 1. The van der Waals surface area contributed by atoms with Gasteiger partial charge in [-0.25, -0.2) is 0 Å². The molecular formula is C13H26N2O. The van der Waals surface area contributed by atoms with Crippen LogP contribution in [0.5, 0.6) is 0 Å². The zero-order valence-electron chi connectivity index (χ0n) is 11.0. The van der Waals surface area contributed by atoms with Gasteiger partial charge in [-0.3, -0.25) is 4.79 Å². The SMILES string of the molecule is CCC(CC)C(=O)N(C)CC1CCCCN1. The molecule has 1 rings (SSSR count). The fraction of sp³-hybridized carbons (Fsp3) is 0.923. The molecule has 0 aromatic rings. The number of nitrogens with one attached hydrogen (secondary N) is 1. The third-order valence-corrected chi connectivity index (χ3v) is 3.62. The van der Waals surface area contributed by atoms with Gasteiger partial charge in [0.2, 0.25) is 5.91 Å². The predicted octanol–water partition coefficient (Wildman–Crippen LogP) is 2.02. The molecule has 0 radical (unpaired) electrons. The average molecular weight is 226 g/mol. The predicted molar refractivity (Wildman–Crippen MR) is 67.4 cm³/mol. The van der Waals surface area contributed by atoms with E-state index in [0.29, 0.717) is 11.9 Å². The highest BCUT2D eigenvalue weighted by atomic mass is 16.2. The maximum Gasteiger partial charge on any atom is 0.225 e. The minimum absolute atomic E-state index is 0.216. The van der Waals surface area contributed by atoms with Gasteiger partial charge in [-0.15, -0.1) is 0 Å². The van der Waals surface area contributed by atoms with E-state index in [-0.39, 0.29) is 5.92 Å². The molecule has 0 aliphatic carbocycles. The summed E-state index contributed by atoms with van der Waals surface area (Å²) in [6.07, 6.45) is 5.70. The topological polar surface area (TPSA) is 32.3 Å². The van der Waals surface area contributed by atoms with Crippen LogP contribution in [0.25, 0.3) is 0 Å². The molecule has 0 spiro atoms. The minimum atomic E-state index is 0.216. The molecule has 3 nitrogen and oxygen atoms in total. The molecule has 1 heterocycles. The van der Waals surface area contributed by atoms with E-state index in [1.165, 1.54) is 19.3 Å². The lowest BCUT2D eigenvalue weighted by Crippen LogP contribution is -2.45. The molecule has 1 saturated heterocycles. The maximum absolute atomic E-state index is 12.1. The lowest BCUT2D eigenvalue weighted by atomic mass is 10.0. The molecule has 16 heavy (non-hydrogen) atoms. The first kappa shape index (κ1) is 13.5. The van der Waals surface area contributed by atoms with Crippen molar-refractivity contribution in [3.05, 3.63) is 0 Å². The van der Waals surface area contributed by atoms with Crippen LogP contribution < -0.4 is 5.32 Å². The number of amides is 1. The second-order valence-electron chi connectivity index (χ2n) is 4.88.